The molecule has 0 aliphatic rings. The maximum absolute atomic E-state index is 12.4. The molecule has 3 rings (SSSR count). The van der Waals surface area contributed by atoms with Gasteiger partial charge in [-0.2, -0.15) is 0 Å². The van der Waals surface area contributed by atoms with E-state index in [-0.39, 0.29) is 35.4 Å². The van der Waals surface area contributed by atoms with Crippen molar-refractivity contribution in [1.29, 1.82) is 0 Å². The van der Waals surface area contributed by atoms with Crippen molar-refractivity contribution in [3.8, 4) is 11.5 Å². The molecule has 0 spiro atoms. The second-order valence-corrected chi connectivity index (χ2v) is 8.38. The molecule has 2 amide bonds. The van der Waals surface area contributed by atoms with Crippen LogP contribution in [0, 0.1) is 0 Å². The van der Waals surface area contributed by atoms with E-state index in [9.17, 15) is 19.2 Å². The Morgan fingerprint density at radius 2 is 1.31 bits per heavy atom. The molecule has 0 saturated heterocycles. The first-order valence-electron chi connectivity index (χ1n) is 10.7. The number of nitrogens with one attached hydrogen (secondary N) is 2. The van der Waals surface area contributed by atoms with Crippen molar-refractivity contribution in [2.45, 2.75) is 6.92 Å². The molecule has 36 heavy (non-hydrogen) atoms. The Morgan fingerprint density at radius 3 is 1.89 bits per heavy atom. The number of rotatable bonds is 10. The number of Topliss-reactive ketones (excluding diaryl/α,β-unsaturated/α-hetero) is 1. The summed E-state index contributed by atoms with van der Waals surface area (Å²) in [6, 6.07) is 17.7. The van der Waals surface area contributed by atoms with Gasteiger partial charge < -0.3 is 24.8 Å². The van der Waals surface area contributed by atoms with Gasteiger partial charge in [-0.25, -0.2) is 4.79 Å². The van der Waals surface area contributed by atoms with Crippen LogP contribution < -0.4 is 20.1 Å². The normalized spacial score (nSPS) is 10.2. The van der Waals surface area contributed by atoms with Crippen LogP contribution in [0.15, 0.2) is 71.2 Å². The van der Waals surface area contributed by atoms with Crippen LogP contribution >= 0.6 is 15.9 Å². The quantitative estimate of drug-likeness (QED) is 0.280. The summed E-state index contributed by atoms with van der Waals surface area (Å²) < 4.78 is 16.7. The average Bonchev–Trinajstić information content (AvgIpc) is 2.87. The molecule has 0 heterocycles. The molecule has 10 heteroatoms. The first-order chi connectivity index (χ1) is 17.2. The summed E-state index contributed by atoms with van der Waals surface area (Å²) in [7, 11) is 1.39. The molecular formula is C26H23BrN2O7. The van der Waals surface area contributed by atoms with Crippen LogP contribution in [-0.2, 0) is 14.3 Å². The fraction of sp³-hybridized carbons (Fsp3) is 0.154. The third-order valence-corrected chi connectivity index (χ3v) is 5.32. The van der Waals surface area contributed by atoms with Crippen molar-refractivity contribution in [3.63, 3.8) is 0 Å². The van der Waals surface area contributed by atoms with Gasteiger partial charge in [0.05, 0.1) is 12.7 Å². The van der Waals surface area contributed by atoms with E-state index in [0.717, 1.165) is 4.47 Å². The van der Waals surface area contributed by atoms with E-state index in [2.05, 4.69) is 26.6 Å². The molecule has 9 nitrogen and oxygen atoms in total. The summed E-state index contributed by atoms with van der Waals surface area (Å²) in [5.41, 5.74) is 1.74. The van der Waals surface area contributed by atoms with Gasteiger partial charge in [-0.15, -0.1) is 0 Å². The molecule has 0 radical (unpaired) electrons. The Balaban J connectivity index is 1.51. The summed E-state index contributed by atoms with van der Waals surface area (Å²) in [5.74, 6) is -1.26. The van der Waals surface area contributed by atoms with E-state index < -0.39 is 18.5 Å². The molecule has 3 aromatic carbocycles. The number of amides is 2. The Morgan fingerprint density at radius 1 is 0.750 bits per heavy atom. The Bertz CT molecular complexity index is 1260. The van der Waals surface area contributed by atoms with Gasteiger partial charge >= 0.3 is 5.97 Å². The van der Waals surface area contributed by atoms with E-state index in [4.69, 9.17) is 14.2 Å². The lowest BCUT2D eigenvalue weighted by atomic mass is 10.1. The summed E-state index contributed by atoms with van der Waals surface area (Å²) in [6.45, 7) is 0.663. The van der Waals surface area contributed by atoms with Gasteiger partial charge in [0.2, 0.25) is 0 Å². The van der Waals surface area contributed by atoms with Crippen LogP contribution in [0.1, 0.15) is 27.6 Å². The van der Waals surface area contributed by atoms with Gasteiger partial charge in [0.15, 0.2) is 30.5 Å². The lowest BCUT2D eigenvalue weighted by Crippen LogP contribution is -2.21. The highest BCUT2D eigenvalue weighted by molar-refractivity contribution is 9.10. The molecule has 0 aliphatic carbocycles. The monoisotopic (exact) mass is 554 g/mol. The summed E-state index contributed by atoms with van der Waals surface area (Å²) in [6.07, 6.45) is 0. The average molecular weight is 555 g/mol. The van der Waals surface area contributed by atoms with Crippen molar-refractivity contribution in [3.05, 3.63) is 82.3 Å². The van der Waals surface area contributed by atoms with Crippen LogP contribution in [0.2, 0.25) is 0 Å². The van der Waals surface area contributed by atoms with Crippen LogP contribution in [0.5, 0.6) is 11.5 Å². The van der Waals surface area contributed by atoms with Crippen molar-refractivity contribution in [1.82, 2.24) is 0 Å². The molecule has 0 saturated carbocycles. The Hall–Kier alpha value is -4.18. The van der Waals surface area contributed by atoms with Gasteiger partial charge in [-0.05, 0) is 73.7 Å². The number of benzene rings is 3. The highest BCUT2D eigenvalue weighted by atomic mass is 79.9. The molecule has 0 aliphatic heterocycles. The number of halogens is 1. The predicted octanol–water partition coefficient (Wildman–Crippen LogP) is 4.47. The molecule has 3 aromatic rings. The molecule has 186 valence electrons. The number of hydrogen-bond donors (Lipinski definition) is 2. The molecule has 0 atom stereocenters. The Kier molecular flexibility index (Phi) is 9.18. The van der Waals surface area contributed by atoms with Crippen LogP contribution in [0.4, 0.5) is 11.4 Å². The number of carbonyl (C=O) groups is 4. The molecule has 0 aromatic heterocycles. The minimum absolute atomic E-state index is 0.0855. The summed E-state index contributed by atoms with van der Waals surface area (Å²) in [4.78, 5) is 48.0. The van der Waals surface area contributed by atoms with Gasteiger partial charge in [0.1, 0.15) is 0 Å². The highest BCUT2D eigenvalue weighted by Gasteiger charge is 2.15. The van der Waals surface area contributed by atoms with Crippen LogP contribution in [-0.4, -0.2) is 43.9 Å². The van der Waals surface area contributed by atoms with Gasteiger partial charge in [-0.1, -0.05) is 15.9 Å². The van der Waals surface area contributed by atoms with Crippen molar-refractivity contribution < 1.29 is 33.4 Å². The van der Waals surface area contributed by atoms with Crippen molar-refractivity contribution in [2.75, 3.05) is 31.0 Å². The molecular weight excluding hydrogens is 532 g/mol. The zero-order valence-corrected chi connectivity index (χ0v) is 21.1. The molecule has 0 unspecified atom stereocenters. The standard InChI is InChI=1S/C26H23BrN2O7/c1-16(30)17-3-8-20(9-4-17)28-25(32)15-36-26(33)18-5-12-22(23(13-18)34-2)35-14-24(31)29-21-10-6-19(27)7-11-21/h3-13H,14-15H2,1-2H3,(H,28,32)(H,29,31). The number of esters is 1. The first-order valence-corrected chi connectivity index (χ1v) is 11.5. The third kappa shape index (κ3) is 7.67. The summed E-state index contributed by atoms with van der Waals surface area (Å²) >= 11 is 3.33. The van der Waals surface area contributed by atoms with Crippen LogP contribution in [0.25, 0.3) is 0 Å². The second kappa shape index (κ2) is 12.5. The highest BCUT2D eigenvalue weighted by Crippen LogP contribution is 2.28. The van der Waals surface area contributed by atoms with E-state index >= 15 is 0 Å². The third-order valence-electron chi connectivity index (χ3n) is 4.80. The molecule has 2 N–H and O–H groups in total. The molecule has 0 fully saturated rings. The number of hydrogen-bond acceptors (Lipinski definition) is 7. The largest absolute Gasteiger partial charge is 0.493 e. The lowest BCUT2D eigenvalue weighted by Gasteiger charge is -2.12. The van der Waals surface area contributed by atoms with Crippen LogP contribution in [0.3, 0.4) is 0 Å². The lowest BCUT2D eigenvalue weighted by molar-refractivity contribution is -0.119. The fourth-order valence-electron chi connectivity index (χ4n) is 2.99. The number of ether oxygens (including phenoxy) is 3. The van der Waals surface area contributed by atoms with E-state index in [0.29, 0.717) is 16.9 Å². The van der Waals surface area contributed by atoms with Crippen molar-refractivity contribution >= 4 is 50.9 Å². The maximum atomic E-state index is 12.4. The van der Waals surface area contributed by atoms with Gasteiger partial charge in [0, 0.05) is 21.4 Å². The Labute approximate surface area is 215 Å². The SMILES string of the molecule is COc1cc(C(=O)OCC(=O)Nc2ccc(C(C)=O)cc2)ccc1OCC(=O)Nc1ccc(Br)cc1. The fourth-order valence-corrected chi connectivity index (χ4v) is 3.25. The number of carbonyl (C=O) groups excluding carboxylic acids is 4. The van der Waals surface area contributed by atoms with E-state index in [1.165, 1.54) is 32.2 Å². The van der Waals surface area contributed by atoms with E-state index in [1.54, 1.807) is 48.5 Å². The van der Waals surface area contributed by atoms with Gasteiger partial charge in [0.25, 0.3) is 11.8 Å². The molecule has 0 bridgehead atoms. The predicted molar refractivity (Wildman–Crippen MR) is 137 cm³/mol. The summed E-state index contributed by atoms with van der Waals surface area (Å²) in [5, 5.41) is 5.29. The minimum Gasteiger partial charge on any atom is -0.493 e. The number of methoxy groups -OCH3 is 1. The zero-order valence-electron chi connectivity index (χ0n) is 19.5. The first kappa shape index (κ1) is 26.4. The van der Waals surface area contributed by atoms with Crippen molar-refractivity contribution in [2.24, 2.45) is 0 Å². The topological polar surface area (TPSA) is 120 Å². The smallest absolute Gasteiger partial charge is 0.338 e. The maximum Gasteiger partial charge on any atom is 0.338 e. The number of anilines is 2. The zero-order chi connectivity index (χ0) is 26.1. The van der Waals surface area contributed by atoms with Gasteiger partial charge in [-0.3, -0.25) is 14.4 Å². The second-order valence-electron chi connectivity index (χ2n) is 7.47. The number of ketones is 1. The minimum atomic E-state index is -0.741. The van der Waals surface area contributed by atoms with E-state index in [1.807, 2.05) is 0 Å².